The fourth-order valence-electron chi connectivity index (χ4n) is 2.76. The van der Waals surface area contributed by atoms with Crippen LogP contribution < -0.4 is 5.32 Å². The predicted molar refractivity (Wildman–Crippen MR) is 89.3 cm³/mol. The van der Waals surface area contributed by atoms with Crippen molar-refractivity contribution in [1.29, 1.82) is 10.8 Å². The summed E-state index contributed by atoms with van der Waals surface area (Å²) in [6.45, 7) is 10.9. The zero-order valence-corrected chi connectivity index (χ0v) is 14.6. The summed E-state index contributed by atoms with van der Waals surface area (Å²) < 4.78 is 5.17. The molecule has 1 amide bonds. The van der Waals surface area contributed by atoms with E-state index in [4.69, 9.17) is 15.6 Å². The van der Waals surface area contributed by atoms with Crippen LogP contribution in [-0.4, -0.2) is 24.2 Å². The second-order valence-corrected chi connectivity index (χ2v) is 7.43. The van der Waals surface area contributed by atoms with Gasteiger partial charge in [-0.15, -0.1) is 0 Å². The second kappa shape index (κ2) is 7.75. The van der Waals surface area contributed by atoms with Crippen molar-refractivity contribution in [3.8, 4) is 0 Å². The molecule has 1 aliphatic rings. The molecule has 2 atom stereocenters. The molecule has 0 saturated heterocycles. The molecular weight excluding hydrogens is 278 g/mol. The van der Waals surface area contributed by atoms with E-state index in [1.807, 2.05) is 0 Å². The molecule has 1 fully saturated rings. The van der Waals surface area contributed by atoms with Crippen LogP contribution in [0.2, 0.25) is 0 Å². The van der Waals surface area contributed by atoms with Crippen molar-refractivity contribution in [2.24, 2.45) is 23.2 Å². The molecule has 126 valence electrons. The molecule has 0 bridgehead atoms. The molecule has 5 heteroatoms. The van der Waals surface area contributed by atoms with Crippen molar-refractivity contribution in [2.75, 3.05) is 6.54 Å². The van der Waals surface area contributed by atoms with Gasteiger partial charge in [0.25, 0.3) is 0 Å². The average Bonchev–Trinajstić information content (AvgIpc) is 3.20. The van der Waals surface area contributed by atoms with Gasteiger partial charge in [-0.1, -0.05) is 41.0 Å². The molecule has 1 aliphatic carbocycles. The lowest BCUT2D eigenvalue weighted by molar-refractivity contribution is -0.130. The quantitative estimate of drug-likeness (QED) is 0.496. The van der Waals surface area contributed by atoms with Crippen LogP contribution in [-0.2, 0) is 9.53 Å². The molecule has 22 heavy (non-hydrogen) atoms. The van der Waals surface area contributed by atoms with Gasteiger partial charge in [0.05, 0.1) is 0 Å². The highest BCUT2D eigenvalue weighted by molar-refractivity contribution is 5.91. The number of ether oxygens (including phenoxy) is 1. The lowest BCUT2D eigenvalue weighted by atomic mass is 9.72. The third-order valence-corrected chi connectivity index (χ3v) is 4.26. The van der Waals surface area contributed by atoms with Crippen molar-refractivity contribution in [1.82, 2.24) is 5.32 Å². The Labute approximate surface area is 134 Å². The monoisotopic (exact) mass is 309 g/mol. The van der Waals surface area contributed by atoms with Crippen molar-refractivity contribution in [3.63, 3.8) is 0 Å². The molecule has 0 heterocycles. The van der Waals surface area contributed by atoms with Crippen molar-refractivity contribution in [3.05, 3.63) is 0 Å². The second-order valence-electron chi connectivity index (χ2n) is 7.43. The van der Waals surface area contributed by atoms with Gasteiger partial charge in [-0.3, -0.25) is 15.6 Å². The van der Waals surface area contributed by atoms with Gasteiger partial charge in [-0.25, -0.2) is 0 Å². The van der Waals surface area contributed by atoms with Crippen LogP contribution in [0.4, 0.5) is 0 Å². The van der Waals surface area contributed by atoms with Gasteiger partial charge in [0, 0.05) is 24.8 Å². The number of amides is 1. The lowest BCUT2D eigenvalue weighted by Crippen LogP contribution is -2.42. The molecule has 0 spiro atoms. The minimum absolute atomic E-state index is 0.0441. The van der Waals surface area contributed by atoms with E-state index in [1.165, 1.54) is 0 Å². The van der Waals surface area contributed by atoms with Crippen LogP contribution in [0.15, 0.2) is 0 Å². The summed E-state index contributed by atoms with van der Waals surface area (Å²) in [5.41, 5.74) is -0.0857. The number of carbonyl (C=O) groups is 1. The zero-order chi connectivity index (χ0) is 16.9. The highest BCUT2D eigenvalue weighted by Gasteiger charge is 2.34. The van der Waals surface area contributed by atoms with E-state index in [9.17, 15) is 4.79 Å². The highest BCUT2D eigenvalue weighted by Crippen LogP contribution is 2.34. The van der Waals surface area contributed by atoms with E-state index in [2.05, 4.69) is 39.9 Å². The van der Waals surface area contributed by atoms with Crippen LogP contribution in [0.5, 0.6) is 0 Å². The fourth-order valence-corrected chi connectivity index (χ4v) is 2.76. The molecule has 2 unspecified atom stereocenters. The topological polar surface area (TPSA) is 86.0 Å². The zero-order valence-electron chi connectivity index (χ0n) is 14.6. The van der Waals surface area contributed by atoms with E-state index < -0.39 is 0 Å². The van der Waals surface area contributed by atoms with E-state index in [0.29, 0.717) is 18.9 Å². The van der Waals surface area contributed by atoms with E-state index in [1.54, 1.807) is 0 Å². The number of nitrogens with one attached hydrogen (secondary N) is 3. The van der Waals surface area contributed by atoms with Gasteiger partial charge >= 0.3 is 0 Å². The molecule has 5 nitrogen and oxygen atoms in total. The SMILES string of the molecule is CCC(C)C(C(=O)NCCC(=N)OC(=N)C1CC1)C(C)(C)C. The summed E-state index contributed by atoms with van der Waals surface area (Å²) in [7, 11) is 0. The Balaban J connectivity index is 2.39. The third kappa shape index (κ3) is 5.78. The Morgan fingerprint density at radius 1 is 1.32 bits per heavy atom. The minimum atomic E-state index is -0.0857. The summed E-state index contributed by atoms with van der Waals surface area (Å²) in [6, 6.07) is 0. The molecule has 1 rings (SSSR count). The molecule has 0 aliphatic heterocycles. The number of hydrogen-bond acceptors (Lipinski definition) is 4. The maximum absolute atomic E-state index is 12.4. The Hall–Kier alpha value is -1.39. The van der Waals surface area contributed by atoms with Crippen LogP contribution in [0.1, 0.15) is 60.3 Å². The van der Waals surface area contributed by atoms with Crippen LogP contribution >= 0.6 is 0 Å². The van der Waals surface area contributed by atoms with Crippen molar-refractivity contribution in [2.45, 2.75) is 60.3 Å². The summed E-state index contributed by atoms with van der Waals surface area (Å²) in [4.78, 5) is 12.4. The maximum atomic E-state index is 12.4. The third-order valence-electron chi connectivity index (χ3n) is 4.26. The van der Waals surface area contributed by atoms with Crippen LogP contribution in [0.25, 0.3) is 0 Å². The average molecular weight is 309 g/mol. The molecule has 0 aromatic carbocycles. The molecule has 0 aromatic rings. The van der Waals surface area contributed by atoms with Gasteiger partial charge in [0.1, 0.15) is 0 Å². The highest BCUT2D eigenvalue weighted by atomic mass is 16.5. The summed E-state index contributed by atoms with van der Waals surface area (Å²) in [6.07, 6.45) is 3.28. The van der Waals surface area contributed by atoms with Gasteiger partial charge in [-0.2, -0.15) is 0 Å². The molecule has 1 saturated carbocycles. The fraction of sp³-hybridized carbons (Fsp3) is 0.824. The number of rotatable bonds is 7. The Morgan fingerprint density at radius 3 is 2.36 bits per heavy atom. The van der Waals surface area contributed by atoms with E-state index in [-0.39, 0.29) is 35.0 Å². The number of carbonyl (C=O) groups excluding carboxylic acids is 1. The Kier molecular flexibility index (Phi) is 6.57. The van der Waals surface area contributed by atoms with E-state index >= 15 is 0 Å². The van der Waals surface area contributed by atoms with Gasteiger partial charge in [0.2, 0.25) is 5.91 Å². The van der Waals surface area contributed by atoms with Gasteiger partial charge < -0.3 is 10.1 Å². The van der Waals surface area contributed by atoms with E-state index in [0.717, 1.165) is 19.3 Å². The molecule has 3 N–H and O–H groups in total. The molecule has 0 radical (unpaired) electrons. The first-order chi connectivity index (χ1) is 10.2. The molecule has 0 aromatic heterocycles. The molecular formula is C17H31N3O2. The Morgan fingerprint density at radius 2 is 1.91 bits per heavy atom. The van der Waals surface area contributed by atoms with Gasteiger partial charge in [0.15, 0.2) is 11.8 Å². The predicted octanol–water partition coefficient (Wildman–Crippen LogP) is 3.58. The lowest BCUT2D eigenvalue weighted by Gasteiger charge is -2.34. The summed E-state index contributed by atoms with van der Waals surface area (Å²) in [5.74, 6) is 0.796. The smallest absolute Gasteiger partial charge is 0.223 e. The normalized spacial score (nSPS) is 17.5. The number of hydrogen-bond donors (Lipinski definition) is 3. The van der Waals surface area contributed by atoms with Crippen LogP contribution in [0, 0.1) is 34.0 Å². The first kappa shape index (κ1) is 18.7. The van der Waals surface area contributed by atoms with Crippen LogP contribution in [0.3, 0.4) is 0 Å². The van der Waals surface area contributed by atoms with Gasteiger partial charge in [-0.05, 0) is 24.2 Å². The summed E-state index contributed by atoms with van der Waals surface area (Å²) in [5, 5.41) is 18.3. The van der Waals surface area contributed by atoms with Crippen molar-refractivity contribution >= 4 is 17.7 Å². The largest absolute Gasteiger partial charge is 0.429 e. The first-order valence-corrected chi connectivity index (χ1v) is 8.28. The standard InChI is InChI=1S/C17H31N3O2/c1-6-11(2)14(17(3,4)5)16(21)20-10-9-13(18)22-15(19)12-7-8-12/h11-12,14,18-19H,6-10H2,1-5H3,(H,20,21). The Bertz CT molecular complexity index is 422. The first-order valence-electron chi connectivity index (χ1n) is 8.28. The minimum Gasteiger partial charge on any atom is -0.429 e. The summed E-state index contributed by atoms with van der Waals surface area (Å²) >= 11 is 0. The van der Waals surface area contributed by atoms with Crippen molar-refractivity contribution < 1.29 is 9.53 Å². The maximum Gasteiger partial charge on any atom is 0.223 e.